The molecule has 0 fully saturated rings. The zero-order valence-corrected chi connectivity index (χ0v) is 23.5. The number of carboxylic acids is 1. The van der Waals surface area contributed by atoms with Crippen LogP contribution in [0.25, 0.3) is 10.9 Å². The number of hydrogen-bond donors (Lipinski definition) is 9. The van der Waals surface area contributed by atoms with Gasteiger partial charge in [0.1, 0.15) is 24.2 Å². The maximum absolute atomic E-state index is 13.6. The normalized spacial score (nSPS) is 13.7. The van der Waals surface area contributed by atoms with Gasteiger partial charge in [-0.3, -0.25) is 19.4 Å². The first-order chi connectivity index (χ1) is 20.6. The van der Waals surface area contributed by atoms with Crippen LogP contribution in [0.4, 0.5) is 0 Å². The number of rotatable bonds is 16. The molecule has 0 aliphatic carbocycles. The lowest BCUT2D eigenvalue weighted by Gasteiger charge is -2.25. The predicted molar refractivity (Wildman–Crippen MR) is 161 cm³/mol. The lowest BCUT2D eigenvalue weighted by atomic mass is 10.0. The quantitative estimate of drug-likeness (QED) is 0.0551. The van der Waals surface area contributed by atoms with E-state index in [1.54, 1.807) is 36.5 Å². The fourth-order valence-corrected chi connectivity index (χ4v) is 4.46. The van der Waals surface area contributed by atoms with E-state index in [-0.39, 0.29) is 38.2 Å². The number of benzene rings is 2. The number of amides is 3. The van der Waals surface area contributed by atoms with Crippen molar-refractivity contribution in [1.82, 2.24) is 20.9 Å². The van der Waals surface area contributed by atoms with Gasteiger partial charge in [0.05, 0.1) is 6.61 Å². The van der Waals surface area contributed by atoms with E-state index in [2.05, 4.69) is 25.9 Å². The summed E-state index contributed by atoms with van der Waals surface area (Å²) in [6, 6.07) is 11.4. The molecular weight excluding hydrogens is 556 g/mol. The molecule has 1 heterocycles. The molecule has 0 saturated heterocycles. The second-order valence-electron chi connectivity index (χ2n) is 10.0. The number of para-hydroxylation sites is 1. The van der Waals surface area contributed by atoms with Gasteiger partial charge >= 0.3 is 5.97 Å². The molecule has 14 heteroatoms. The molecule has 4 atom stereocenters. The Morgan fingerprint density at radius 3 is 2.09 bits per heavy atom. The first kappa shape index (κ1) is 32.6. The number of carbonyl (C=O) groups excluding carboxylic acids is 3. The Balaban J connectivity index is 1.86. The van der Waals surface area contributed by atoms with E-state index in [4.69, 9.17) is 17.2 Å². The number of aliphatic imine (C=N–C) groups is 1. The number of carboxylic acid groups (broad SMARTS) is 1. The van der Waals surface area contributed by atoms with E-state index in [1.165, 1.54) is 0 Å². The van der Waals surface area contributed by atoms with Crippen molar-refractivity contribution in [2.75, 3.05) is 13.2 Å². The van der Waals surface area contributed by atoms with E-state index in [0.29, 0.717) is 5.56 Å². The topological polar surface area (TPSA) is 251 Å². The minimum absolute atomic E-state index is 0.0179. The molecule has 3 amide bonds. The number of nitrogens with zero attached hydrogens (tertiary/aromatic N) is 1. The molecule has 0 spiro atoms. The van der Waals surface area contributed by atoms with Crippen LogP contribution >= 0.6 is 0 Å². The number of aliphatic hydroxyl groups excluding tert-OH is 1. The van der Waals surface area contributed by atoms with Crippen LogP contribution in [-0.2, 0) is 32.0 Å². The number of H-pyrrole nitrogens is 1. The van der Waals surface area contributed by atoms with E-state index in [0.717, 1.165) is 16.5 Å². The van der Waals surface area contributed by atoms with Crippen molar-refractivity contribution < 1.29 is 29.4 Å². The molecule has 0 saturated carbocycles. The smallest absolute Gasteiger partial charge is 0.326 e. The molecule has 1 aromatic heterocycles. The summed E-state index contributed by atoms with van der Waals surface area (Å²) in [5.41, 5.74) is 18.6. The summed E-state index contributed by atoms with van der Waals surface area (Å²) in [6.07, 6.45) is 2.12. The van der Waals surface area contributed by atoms with Crippen molar-refractivity contribution in [2.45, 2.75) is 49.9 Å². The first-order valence-corrected chi connectivity index (χ1v) is 13.7. The summed E-state index contributed by atoms with van der Waals surface area (Å²) in [5, 5.41) is 27.7. The highest BCUT2D eigenvalue weighted by atomic mass is 16.4. The Morgan fingerprint density at radius 2 is 1.44 bits per heavy atom. The van der Waals surface area contributed by atoms with Crippen LogP contribution in [0.3, 0.4) is 0 Å². The molecule has 3 rings (SSSR count). The summed E-state index contributed by atoms with van der Waals surface area (Å²) in [5.74, 6) is -3.56. The Labute approximate surface area is 248 Å². The zero-order valence-electron chi connectivity index (χ0n) is 23.5. The van der Waals surface area contributed by atoms with Crippen molar-refractivity contribution in [3.63, 3.8) is 0 Å². The van der Waals surface area contributed by atoms with Crippen LogP contribution in [0.1, 0.15) is 24.0 Å². The van der Waals surface area contributed by atoms with Gasteiger partial charge in [0.15, 0.2) is 5.96 Å². The van der Waals surface area contributed by atoms with Crippen molar-refractivity contribution in [3.05, 3.63) is 71.9 Å². The van der Waals surface area contributed by atoms with Crippen LogP contribution in [0.5, 0.6) is 0 Å². The van der Waals surface area contributed by atoms with Gasteiger partial charge in [0.25, 0.3) is 0 Å². The molecule has 14 nitrogen and oxygen atoms in total. The highest BCUT2D eigenvalue weighted by Crippen LogP contribution is 2.19. The maximum atomic E-state index is 13.6. The molecule has 0 aliphatic heterocycles. The van der Waals surface area contributed by atoms with Gasteiger partial charge in [-0.05, 0) is 30.0 Å². The van der Waals surface area contributed by atoms with Gasteiger partial charge in [-0.1, -0.05) is 48.5 Å². The molecule has 12 N–H and O–H groups in total. The van der Waals surface area contributed by atoms with Crippen LogP contribution < -0.4 is 33.2 Å². The average Bonchev–Trinajstić information content (AvgIpc) is 3.40. The standard InChI is InChI=1S/C29H38N8O6/c30-20(16-38)25(39)36-23(13-17-7-2-1-3-8-17)26(40)37-24(14-18-15-34-21-10-5-4-9-19(18)21)27(41)35-22(28(42)43)11-6-12-33-29(31)32/h1-5,7-10,15,20,22-24,34,38H,6,11-14,16,30H2,(H,35,41)(H,36,39)(H,37,40)(H,42,43)(H4,31,32,33). The molecule has 2 aromatic carbocycles. The largest absolute Gasteiger partial charge is 0.480 e. The summed E-state index contributed by atoms with van der Waals surface area (Å²) < 4.78 is 0. The lowest BCUT2D eigenvalue weighted by Crippen LogP contribution is -2.58. The predicted octanol–water partition coefficient (Wildman–Crippen LogP) is -1.13. The molecule has 4 unspecified atom stereocenters. The Bertz CT molecular complexity index is 1420. The van der Waals surface area contributed by atoms with Crippen molar-refractivity contribution in [1.29, 1.82) is 0 Å². The van der Waals surface area contributed by atoms with E-state index in [1.807, 2.05) is 24.3 Å². The van der Waals surface area contributed by atoms with E-state index in [9.17, 15) is 29.4 Å². The van der Waals surface area contributed by atoms with Crippen molar-refractivity contribution >= 4 is 40.6 Å². The third-order valence-corrected chi connectivity index (χ3v) is 6.74. The summed E-state index contributed by atoms with van der Waals surface area (Å²) in [4.78, 5) is 58.6. The van der Waals surface area contributed by atoms with Crippen LogP contribution in [0, 0.1) is 0 Å². The molecule has 0 bridgehead atoms. The molecule has 230 valence electrons. The number of fused-ring (bicyclic) bond motifs is 1. The van der Waals surface area contributed by atoms with Gasteiger partial charge < -0.3 is 48.3 Å². The molecular formula is C29H38N8O6. The monoisotopic (exact) mass is 594 g/mol. The number of hydrogen-bond acceptors (Lipinski definition) is 7. The Kier molecular flexibility index (Phi) is 12.0. The number of guanidine groups is 1. The number of nitrogens with one attached hydrogen (secondary N) is 4. The fourth-order valence-electron chi connectivity index (χ4n) is 4.46. The molecule has 0 aliphatic rings. The number of carbonyl (C=O) groups is 4. The van der Waals surface area contributed by atoms with Gasteiger partial charge in [0, 0.05) is 36.5 Å². The highest BCUT2D eigenvalue weighted by molar-refractivity contribution is 5.95. The number of aliphatic hydroxyl groups is 1. The third kappa shape index (κ3) is 9.83. The van der Waals surface area contributed by atoms with Crippen LogP contribution in [0.2, 0.25) is 0 Å². The number of aliphatic carboxylic acids is 1. The lowest BCUT2D eigenvalue weighted by molar-refractivity contribution is -0.142. The van der Waals surface area contributed by atoms with Crippen LogP contribution in [-0.4, -0.2) is 82.2 Å². The SMILES string of the molecule is NC(N)=NCCCC(NC(=O)C(Cc1c[nH]c2ccccc12)NC(=O)C(Cc1ccccc1)NC(=O)C(N)CO)C(=O)O. The maximum Gasteiger partial charge on any atom is 0.326 e. The summed E-state index contributed by atoms with van der Waals surface area (Å²) in [7, 11) is 0. The summed E-state index contributed by atoms with van der Waals surface area (Å²) in [6.45, 7) is -0.453. The molecule has 43 heavy (non-hydrogen) atoms. The number of aromatic amines is 1. The Morgan fingerprint density at radius 1 is 0.837 bits per heavy atom. The number of aromatic nitrogens is 1. The average molecular weight is 595 g/mol. The van der Waals surface area contributed by atoms with Crippen LogP contribution in [0.15, 0.2) is 65.8 Å². The minimum Gasteiger partial charge on any atom is -0.480 e. The summed E-state index contributed by atoms with van der Waals surface area (Å²) >= 11 is 0. The third-order valence-electron chi connectivity index (χ3n) is 6.74. The van der Waals surface area contributed by atoms with Crippen molar-refractivity contribution in [3.8, 4) is 0 Å². The zero-order chi connectivity index (χ0) is 31.4. The fraction of sp³-hybridized carbons (Fsp3) is 0.345. The van der Waals surface area contributed by atoms with E-state index >= 15 is 0 Å². The van der Waals surface area contributed by atoms with Gasteiger partial charge in [0.2, 0.25) is 17.7 Å². The van der Waals surface area contributed by atoms with Crippen molar-refractivity contribution in [2.24, 2.45) is 22.2 Å². The molecule has 3 aromatic rings. The second-order valence-corrected chi connectivity index (χ2v) is 10.0. The van der Waals surface area contributed by atoms with Gasteiger partial charge in [-0.2, -0.15) is 0 Å². The highest BCUT2D eigenvalue weighted by Gasteiger charge is 2.31. The Hall–Kier alpha value is -4.95. The first-order valence-electron chi connectivity index (χ1n) is 13.7. The van der Waals surface area contributed by atoms with E-state index < -0.39 is 54.5 Å². The van der Waals surface area contributed by atoms with Gasteiger partial charge in [-0.15, -0.1) is 0 Å². The number of nitrogens with two attached hydrogens (primary N) is 3. The second kappa shape index (κ2) is 15.9. The molecule has 0 radical (unpaired) electrons. The van der Waals surface area contributed by atoms with Gasteiger partial charge in [-0.25, -0.2) is 4.79 Å². The minimum atomic E-state index is -1.27.